The van der Waals surface area contributed by atoms with Crippen LogP contribution in [0.5, 0.6) is 0 Å². The molecule has 140 valence electrons. The highest BCUT2D eigenvalue weighted by Crippen LogP contribution is 2.28. The highest BCUT2D eigenvalue weighted by molar-refractivity contribution is 5.74. The lowest BCUT2D eigenvalue weighted by Gasteiger charge is -2.33. The normalized spacial score (nSPS) is 17.8. The van der Waals surface area contributed by atoms with Crippen molar-refractivity contribution < 1.29 is 9.53 Å². The van der Waals surface area contributed by atoms with Crippen LogP contribution in [0.15, 0.2) is 6.20 Å². The lowest BCUT2D eigenvalue weighted by atomic mass is 9.92. The molecule has 1 atom stereocenters. The van der Waals surface area contributed by atoms with Crippen LogP contribution in [0.4, 0.5) is 4.79 Å². The highest BCUT2D eigenvalue weighted by atomic mass is 16.5. The summed E-state index contributed by atoms with van der Waals surface area (Å²) in [5.41, 5.74) is 2.08. The number of nitrogens with zero attached hydrogens (tertiary/aromatic N) is 3. The summed E-state index contributed by atoms with van der Waals surface area (Å²) in [6, 6.07) is 0.0440. The van der Waals surface area contributed by atoms with Crippen molar-refractivity contribution >= 4 is 6.03 Å². The van der Waals surface area contributed by atoms with Crippen LogP contribution >= 0.6 is 0 Å². The number of aromatic nitrogens is 2. The Balaban J connectivity index is 2.02. The predicted molar refractivity (Wildman–Crippen MR) is 98.5 cm³/mol. The molecular formula is C19H32N4O2. The maximum absolute atomic E-state index is 12.4. The maximum atomic E-state index is 12.4. The molecule has 1 unspecified atom stereocenters. The zero-order chi connectivity index (χ0) is 18.2. The van der Waals surface area contributed by atoms with Crippen molar-refractivity contribution in [3.8, 4) is 0 Å². The molecule has 1 aliphatic rings. The zero-order valence-corrected chi connectivity index (χ0v) is 16.0. The number of rotatable bonds is 7. The van der Waals surface area contributed by atoms with E-state index in [0.717, 1.165) is 49.4 Å². The lowest BCUT2D eigenvalue weighted by Crippen LogP contribution is -2.45. The van der Waals surface area contributed by atoms with Gasteiger partial charge < -0.3 is 15.0 Å². The second-order valence-electron chi connectivity index (χ2n) is 7.16. The second kappa shape index (κ2) is 9.70. The first-order valence-corrected chi connectivity index (χ1v) is 9.44. The van der Waals surface area contributed by atoms with Crippen molar-refractivity contribution in [2.45, 2.75) is 59.5 Å². The van der Waals surface area contributed by atoms with E-state index in [1.165, 1.54) is 0 Å². The molecule has 1 aromatic heterocycles. The van der Waals surface area contributed by atoms with Crippen LogP contribution in [0.1, 0.15) is 63.0 Å². The molecule has 0 saturated carbocycles. The fraction of sp³-hybridized carbons (Fsp3) is 0.737. The van der Waals surface area contributed by atoms with Gasteiger partial charge in [-0.2, -0.15) is 0 Å². The average Bonchev–Trinajstić information content (AvgIpc) is 2.60. The third-order valence-corrected chi connectivity index (χ3v) is 4.57. The van der Waals surface area contributed by atoms with Gasteiger partial charge in [-0.3, -0.25) is 0 Å². The fourth-order valence-electron chi connectivity index (χ4n) is 3.15. The van der Waals surface area contributed by atoms with E-state index in [9.17, 15) is 4.79 Å². The van der Waals surface area contributed by atoms with E-state index < -0.39 is 0 Å². The lowest BCUT2D eigenvalue weighted by molar-refractivity contribution is 0.131. The number of aryl methyl sites for hydroxylation is 1. The molecule has 1 N–H and O–H groups in total. The molecule has 6 heteroatoms. The van der Waals surface area contributed by atoms with E-state index >= 15 is 0 Å². The Morgan fingerprint density at radius 1 is 1.48 bits per heavy atom. The number of piperidine rings is 1. The SMILES string of the molecule is CCOCc1cnc(C)nc1C1CCCN(C(=O)NCCC(C)C)C1. The molecule has 6 nitrogen and oxygen atoms in total. The number of nitrogens with one attached hydrogen (secondary N) is 1. The van der Waals surface area contributed by atoms with Gasteiger partial charge in [-0.25, -0.2) is 14.8 Å². The molecule has 2 heterocycles. The van der Waals surface area contributed by atoms with E-state index in [4.69, 9.17) is 4.74 Å². The minimum Gasteiger partial charge on any atom is -0.377 e. The molecule has 1 aromatic rings. The summed E-state index contributed by atoms with van der Waals surface area (Å²) < 4.78 is 5.57. The highest BCUT2D eigenvalue weighted by Gasteiger charge is 2.27. The van der Waals surface area contributed by atoms with Crippen molar-refractivity contribution in [1.82, 2.24) is 20.2 Å². The number of likely N-dealkylation sites (tertiary alicyclic amines) is 1. The van der Waals surface area contributed by atoms with Crippen molar-refractivity contribution in [2.75, 3.05) is 26.2 Å². The zero-order valence-electron chi connectivity index (χ0n) is 16.0. The summed E-state index contributed by atoms with van der Waals surface area (Å²) in [7, 11) is 0. The van der Waals surface area contributed by atoms with Gasteiger partial charge in [0.05, 0.1) is 12.3 Å². The number of carbonyl (C=O) groups excluding carboxylic acids is 1. The number of urea groups is 1. The Morgan fingerprint density at radius 3 is 3.00 bits per heavy atom. The smallest absolute Gasteiger partial charge is 0.317 e. The standard InChI is InChI=1S/C19H32N4O2/c1-5-25-13-17-11-21-15(4)22-18(17)16-7-6-10-23(12-16)19(24)20-9-8-14(2)3/h11,14,16H,5-10,12-13H2,1-4H3,(H,20,24). The summed E-state index contributed by atoms with van der Waals surface area (Å²) in [5, 5.41) is 3.05. The topological polar surface area (TPSA) is 67.4 Å². The molecule has 1 saturated heterocycles. The van der Waals surface area contributed by atoms with Crippen LogP contribution in [0.2, 0.25) is 0 Å². The average molecular weight is 348 g/mol. The molecule has 2 amide bonds. The number of carbonyl (C=O) groups is 1. The Kier molecular flexibility index (Phi) is 7.62. The Bertz CT molecular complexity index is 562. The number of hydrogen-bond donors (Lipinski definition) is 1. The van der Waals surface area contributed by atoms with Gasteiger partial charge in [0, 0.05) is 43.9 Å². The maximum Gasteiger partial charge on any atom is 0.317 e. The number of amides is 2. The van der Waals surface area contributed by atoms with Crippen molar-refractivity contribution in [3.63, 3.8) is 0 Å². The summed E-state index contributed by atoms with van der Waals surface area (Å²) in [6.45, 7) is 11.7. The van der Waals surface area contributed by atoms with Gasteiger partial charge in [0.15, 0.2) is 0 Å². The number of ether oxygens (including phenoxy) is 1. The molecule has 2 rings (SSSR count). The van der Waals surface area contributed by atoms with E-state index in [2.05, 4.69) is 29.1 Å². The van der Waals surface area contributed by atoms with Gasteiger partial charge in [-0.1, -0.05) is 13.8 Å². The van der Waals surface area contributed by atoms with Gasteiger partial charge in [0.2, 0.25) is 0 Å². The molecule has 1 fully saturated rings. The number of hydrogen-bond acceptors (Lipinski definition) is 4. The van der Waals surface area contributed by atoms with Gasteiger partial charge in [0.25, 0.3) is 0 Å². The second-order valence-corrected chi connectivity index (χ2v) is 7.16. The van der Waals surface area contributed by atoms with Crippen LogP contribution in [0.3, 0.4) is 0 Å². The summed E-state index contributed by atoms with van der Waals surface area (Å²) in [4.78, 5) is 23.4. The largest absolute Gasteiger partial charge is 0.377 e. The minimum atomic E-state index is 0.0440. The Labute approximate surface area is 151 Å². The van der Waals surface area contributed by atoms with E-state index in [1.54, 1.807) is 0 Å². The van der Waals surface area contributed by atoms with Crippen LogP contribution in [-0.4, -0.2) is 47.1 Å². The van der Waals surface area contributed by atoms with Crippen LogP contribution < -0.4 is 5.32 Å². The molecule has 1 aliphatic heterocycles. The van der Waals surface area contributed by atoms with Gasteiger partial charge >= 0.3 is 6.03 Å². The monoisotopic (exact) mass is 348 g/mol. The first kappa shape index (κ1) is 19.6. The van der Waals surface area contributed by atoms with Crippen LogP contribution in [-0.2, 0) is 11.3 Å². The summed E-state index contributed by atoms with van der Waals surface area (Å²) >= 11 is 0. The quantitative estimate of drug-likeness (QED) is 0.821. The Hall–Kier alpha value is -1.69. The predicted octanol–water partition coefficient (Wildman–Crippen LogP) is 3.26. The summed E-state index contributed by atoms with van der Waals surface area (Å²) in [5.74, 6) is 1.62. The first-order valence-electron chi connectivity index (χ1n) is 9.44. The van der Waals surface area contributed by atoms with Crippen molar-refractivity contribution in [2.24, 2.45) is 5.92 Å². The molecule has 0 bridgehead atoms. The molecule has 0 spiro atoms. The van der Waals surface area contributed by atoms with Crippen molar-refractivity contribution in [3.05, 3.63) is 23.3 Å². The Morgan fingerprint density at radius 2 is 2.28 bits per heavy atom. The molecule has 0 aliphatic carbocycles. The third kappa shape index (κ3) is 5.96. The van der Waals surface area contributed by atoms with Gasteiger partial charge in [-0.15, -0.1) is 0 Å². The first-order chi connectivity index (χ1) is 12.0. The molecule has 25 heavy (non-hydrogen) atoms. The van der Waals surface area contributed by atoms with E-state index in [1.807, 2.05) is 24.9 Å². The fourth-order valence-corrected chi connectivity index (χ4v) is 3.15. The van der Waals surface area contributed by atoms with Gasteiger partial charge in [-0.05, 0) is 39.0 Å². The van der Waals surface area contributed by atoms with E-state index in [0.29, 0.717) is 25.7 Å². The third-order valence-electron chi connectivity index (χ3n) is 4.57. The van der Waals surface area contributed by atoms with Crippen LogP contribution in [0, 0.1) is 12.8 Å². The summed E-state index contributed by atoms with van der Waals surface area (Å²) in [6.07, 6.45) is 4.92. The molecule has 0 radical (unpaired) electrons. The minimum absolute atomic E-state index is 0.0440. The van der Waals surface area contributed by atoms with E-state index in [-0.39, 0.29) is 11.9 Å². The molecule has 0 aromatic carbocycles. The van der Waals surface area contributed by atoms with Crippen LogP contribution in [0.25, 0.3) is 0 Å². The van der Waals surface area contributed by atoms with Gasteiger partial charge in [0.1, 0.15) is 5.82 Å². The molecular weight excluding hydrogens is 316 g/mol. The van der Waals surface area contributed by atoms with Crippen molar-refractivity contribution in [1.29, 1.82) is 0 Å².